The molecule has 3 aromatic carbocycles. The van der Waals surface area contributed by atoms with E-state index in [1.54, 1.807) is 29.6 Å². The van der Waals surface area contributed by atoms with Gasteiger partial charge in [0.15, 0.2) is 0 Å². The highest BCUT2D eigenvalue weighted by molar-refractivity contribution is 7.90. The van der Waals surface area contributed by atoms with Gasteiger partial charge in [0.1, 0.15) is 4.90 Å². The quantitative estimate of drug-likeness (QED) is 0.493. The molecule has 4 aromatic rings. The van der Waals surface area contributed by atoms with Gasteiger partial charge in [-0.05, 0) is 34.5 Å². The van der Waals surface area contributed by atoms with Crippen LogP contribution in [0.25, 0.3) is 20.9 Å². The zero-order chi connectivity index (χ0) is 19.0. The number of rotatable bonds is 5. The molecule has 0 aliphatic heterocycles. The number of sulfonamides is 1. The van der Waals surface area contributed by atoms with Gasteiger partial charge in [0.25, 0.3) is 0 Å². The Morgan fingerprint density at radius 1 is 1.04 bits per heavy atom. The van der Waals surface area contributed by atoms with Crippen molar-refractivity contribution in [2.24, 2.45) is 0 Å². The first kappa shape index (κ1) is 18.4. The monoisotopic (exact) mass is 417 g/mol. The Hall–Kier alpha value is -1.96. The van der Waals surface area contributed by atoms with E-state index < -0.39 is 16.1 Å². The van der Waals surface area contributed by atoms with Crippen molar-refractivity contribution >= 4 is 53.8 Å². The number of nitrogens with one attached hydrogen (secondary N) is 1. The molecular formula is C20H16ClNO3S2. The van der Waals surface area contributed by atoms with E-state index >= 15 is 0 Å². The molecule has 1 heterocycles. The Labute approximate surface area is 166 Å². The summed E-state index contributed by atoms with van der Waals surface area (Å²) in [5.41, 5.74) is 0.689. The summed E-state index contributed by atoms with van der Waals surface area (Å²) in [4.78, 5) is 0.176. The van der Waals surface area contributed by atoms with Crippen LogP contribution < -0.4 is 4.72 Å². The van der Waals surface area contributed by atoms with Gasteiger partial charge in [0.05, 0.1) is 6.10 Å². The van der Waals surface area contributed by atoms with Crippen molar-refractivity contribution < 1.29 is 13.5 Å². The molecule has 0 radical (unpaired) electrons. The molecule has 1 atom stereocenters. The molecule has 2 N–H and O–H groups in total. The predicted molar refractivity (Wildman–Crippen MR) is 111 cm³/mol. The maximum Gasteiger partial charge on any atom is 0.242 e. The summed E-state index contributed by atoms with van der Waals surface area (Å²) in [6.07, 6.45) is -0.959. The Morgan fingerprint density at radius 3 is 2.67 bits per heavy atom. The van der Waals surface area contributed by atoms with Crippen molar-refractivity contribution in [2.75, 3.05) is 6.54 Å². The number of aliphatic hydroxyl groups is 1. The van der Waals surface area contributed by atoms with Gasteiger partial charge in [-0.25, -0.2) is 13.1 Å². The average Bonchev–Trinajstić information content (AvgIpc) is 3.09. The number of benzene rings is 3. The Balaban J connectivity index is 1.60. The number of hydrogen-bond donors (Lipinski definition) is 2. The smallest absolute Gasteiger partial charge is 0.242 e. The van der Waals surface area contributed by atoms with E-state index in [0.717, 1.165) is 15.5 Å². The van der Waals surface area contributed by atoms with E-state index in [-0.39, 0.29) is 11.4 Å². The third-order valence-electron chi connectivity index (χ3n) is 4.44. The number of fused-ring (bicyclic) bond motifs is 2. The number of thiophene rings is 1. The van der Waals surface area contributed by atoms with Crippen LogP contribution in [0.4, 0.5) is 0 Å². The van der Waals surface area contributed by atoms with Crippen LogP contribution in [0.2, 0.25) is 5.02 Å². The first-order valence-electron chi connectivity index (χ1n) is 8.28. The van der Waals surface area contributed by atoms with Gasteiger partial charge in [-0.3, -0.25) is 0 Å². The molecule has 0 spiro atoms. The van der Waals surface area contributed by atoms with Gasteiger partial charge in [-0.1, -0.05) is 54.1 Å². The molecule has 4 nitrogen and oxygen atoms in total. The predicted octanol–water partition coefficient (Wildman–Crippen LogP) is 4.72. The molecule has 0 amide bonds. The molecule has 1 unspecified atom stereocenters. The summed E-state index contributed by atoms with van der Waals surface area (Å²) in [7, 11) is -3.77. The molecule has 4 rings (SSSR count). The second kappa shape index (κ2) is 7.22. The summed E-state index contributed by atoms with van der Waals surface area (Å²) in [5, 5.41) is 15.1. The van der Waals surface area contributed by atoms with E-state index in [1.807, 2.05) is 36.4 Å². The summed E-state index contributed by atoms with van der Waals surface area (Å²) < 4.78 is 28.9. The lowest BCUT2D eigenvalue weighted by Gasteiger charge is -2.15. The van der Waals surface area contributed by atoms with Crippen molar-refractivity contribution in [3.05, 3.63) is 76.6 Å². The number of aliphatic hydroxyl groups excluding tert-OH is 1. The van der Waals surface area contributed by atoms with Gasteiger partial charge >= 0.3 is 0 Å². The van der Waals surface area contributed by atoms with Crippen molar-refractivity contribution in [3.63, 3.8) is 0 Å². The largest absolute Gasteiger partial charge is 0.387 e. The fourth-order valence-electron chi connectivity index (χ4n) is 3.10. The fourth-order valence-corrected chi connectivity index (χ4v) is 5.79. The van der Waals surface area contributed by atoms with Gasteiger partial charge in [0.2, 0.25) is 10.0 Å². The van der Waals surface area contributed by atoms with E-state index in [4.69, 9.17) is 11.6 Å². The zero-order valence-electron chi connectivity index (χ0n) is 14.1. The molecule has 27 heavy (non-hydrogen) atoms. The molecule has 0 aliphatic rings. The summed E-state index contributed by atoms with van der Waals surface area (Å²) in [5.74, 6) is 0. The molecule has 0 aliphatic carbocycles. The lowest BCUT2D eigenvalue weighted by Crippen LogP contribution is -2.28. The molecule has 0 saturated carbocycles. The van der Waals surface area contributed by atoms with E-state index in [1.165, 1.54) is 11.3 Å². The van der Waals surface area contributed by atoms with E-state index in [9.17, 15) is 13.5 Å². The van der Waals surface area contributed by atoms with Crippen LogP contribution in [0.3, 0.4) is 0 Å². The third kappa shape index (κ3) is 3.59. The van der Waals surface area contributed by atoms with Crippen molar-refractivity contribution in [1.82, 2.24) is 4.72 Å². The first-order chi connectivity index (χ1) is 13.0. The second-order valence-corrected chi connectivity index (χ2v) is 9.26. The molecular weight excluding hydrogens is 402 g/mol. The maximum atomic E-state index is 12.8. The average molecular weight is 418 g/mol. The molecule has 0 saturated heterocycles. The Bertz CT molecular complexity index is 1230. The van der Waals surface area contributed by atoms with Crippen molar-refractivity contribution in [3.8, 4) is 0 Å². The third-order valence-corrected chi connectivity index (χ3v) is 7.25. The Kier molecular flexibility index (Phi) is 4.92. The van der Waals surface area contributed by atoms with Crippen LogP contribution in [0.5, 0.6) is 0 Å². The summed E-state index contributed by atoms with van der Waals surface area (Å²) >= 11 is 7.35. The van der Waals surface area contributed by atoms with Gasteiger partial charge in [-0.2, -0.15) is 0 Å². The maximum absolute atomic E-state index is 12.8. The van der Waals surface area contributed by atoms with Crippen molar-refractivity contribution in [2.45, 2.75) is 11.0 Å². The molecule has 7 heteroatoms. The van der Waals surface area contributed by atoms with E-state index in [2.05, 4.69) is 4.72 Å². The molecule has 0 bridgehead atoms. The van der Waals surface area contributed by atoms with Crippen LogP contribution in [-0.2, 0) is 10.0 Å². The highest BCUT2D eigenvalue weighted by Crippen LogP contribution is 2.32. The van der Waals surface area contributed by atoms with Crippen LogP contribution in [0, 0.1) is 0 Å². The minimum absolute atomic E-state index is 0.117. The number of halogens is 1. The van der Waals surface area contributed by atoms with Crippen LogP contribution in [0.15, 0.2) is 70.9 Å². The van der Waals surface area contributed by atoms with Crippen LogP contribution in [-0.4, -0.2) is 20.1 Å². The second-order valence-electron chi connectivity index (χ2n) is 6.18. The fraction of sp³-hybridized carbons (Fsp3) is 0.100. The number of hydrogen-bond acceptors (Lipinski definition) is 4. The van der Waals surface area contributed by atoms with Crippen LogP contribution >= 0.6 is 22.9 Å². The van der Waals surface area contributed by atoms with E-state index in [0.29, 0.717) is 16.0 Å². The minimum atomic E-state index is -3.77. The van der Waals surface area contributed by atoms with Crippen LogP contribution in [0.1, 0.15) is 11.7 Å². The van der Waals surface area contributed by atoms with Gasteiger partial charge in [0, 0.05) is 27.0 Å². The topological polar surface area (TPSA) is 66.4 Å². The van der Waals surface area contributed by atoms with Gasteiger partial charge in [-0.15, -0.1) is 11.3 Å². The standard InChI is InChI=1S/C20H16ClNO3S2/c21-14-8-9-19-17(10-14)20(12-26-19)27(24,25)22-11-18(23)16-7-3-5-13-4-1-2-6-15(13)16/h1-10,12,18,22-23H,11H2. The van der Waals surface area contributed by atoms with Crippen molar-refractivity contribution in [1.29, 1.82) is 0 Å². The normalized spacial score (nSPS) is 13.3. The highest BCUT2D eigenvalue weighted by atomic mass is 35.5. The lowest BCUT2D eigenvalue weighted by molar-refractivity contribution is 0.183. The Morgan fingerprint density at radius 2 is 1.81 bits per heavy atom. The van der Waals surface area contributed by atoms with Gasteiger partial charge < -0.3 is 5.11 Å². The lowest BCUT2D eigenvalue weighted by atomic mass is 10.0. The zero-order valence-corrected chi connectivity index (χ0v) is 16.5. The first-order valence-corrected chi connectivity index (χ1v) is 11.0. The highest BCUT2D eigenvalue weighted by Gasteiger charge is 2.21. The minimum Gasteiger partial charge on any atom is -0.387 e. The summed E-state index contributed by atoms with van der Waals surface area (Å²) in [6, 6.07) is 18.5. The molecule has 138 valence electrons. The summed E-state index contributed by atoms with van der Waals surface area (Å²) in [6.45, 7) is -0.117. The SMILES string of the molecule is O=S(=O)(NCC(O)c1cccc2ccccc12)c1csc2ccc(Cl)cc12. The molecule has 1 aromatic heterocycles. The molecule has 0 fully saturated rings.